The van der Waals surface area contributed by atoms with Crippen molar-refractivity contribution in [3.05, 3.63) is 47.2 Å². The second-order valence-electron chi connectivity index (χ2n) is 4.84. The largest absolute Gasteiger partial charge is 0.370 e. The number of pyridine rings is 1. The molecule has 0 aliphatic carbocycles. The van der Waals surface area contributed by atoms with Crippen LogP contribution in [0.1, 0.15) is 43.0 Å². The number of aryl methyl sites for hydroxylation is 1. The van der Waals surface area contributed by atoms with Crippen molar-refractivity contribution < 1.29 is 0 Å². The minimum absolute atomic E-state index is 0.676. The van der Waals surface area contributed by atoms with Crippen LogP contribution < -0.4 is 5.32 Å². The van der Waals surface area contributed by atoms with Crippen molar-refractivity contribution in [2.24, 2.45) is 0 Å². The van der Waals surface area contributed by atoms with E-state index in [-0.39, 0.29) is 0 Å². The van der Waals surface area contributed by atoms with Gasteiger partial charge in [-0.2, -0.15) is 0 Å². The second kappa shape index (κ2) is 6.98. The van der Waals surface area contributed by atoms with Crippen LogP contribution in [0.5, 0.6) is 0 Å². The smallest absolute Gasteiger partial charge is 0.136 e. The number of rotatable bonds is 6. The van der Waals surface area contributed by atoms with E-state index >= 15 is 0 Å². The van der Waals surface area contributed by atoms with Gasteiger partial charge in [0.25, 0.3) is 0 Å². The molecule has 1 N–H and O–H groups in total. The lowest BCUT2D eigenvalue weighted by atomic mass is 10.1. The average molecular weight is 270 g/mol. The van der Waals surface area contributed by atoms with E-state index in [2.05, 4.69) is 41.0 Å². The normalized spacial score (nSPS) is 10.6. The topological polar surface area (TPSA) is 50.7 Å². The molecule has 0 aliphatic heterocycles. The molecule has 0 bridgehead atoms. The summed E-state index contributed by atoms with van der Waals surface area (Å²) in [6.45, 7) is 7.30. The molecule has 2 aromatic rings. The van der Waals surface area contributed by atoms with Gasteiger partial charge in [-0.3, -0.25) is 4.98 Å². The summed E-state index contributed by atoms with van der Waals surface area (Å²) in [5.74, 6) is 1.80. The van der Waals surface area contributed by atoms with Gasteiger partial charge in [0.2, 0.25) is 0 Å². The Hall–Kier alpha value is -1.97. The van der Waals surface area contributed by atoms with E-state index < -0.39 is 0 Å². The van der Waals surface area contributed by atoms with Crippen LogP contribution in [0.2, 0.25) is 0 Å². The first kappa shape index (κ1) is 14.4. The molecule has 20 heavy (non-hydrogen) atoms. The first-order valence-corrected chi connectivity index (χ1v) is 7.24. The number of aromatic nitrogens is 3. The molecule has 0 amide bonds. The Bertz CT molecular complexity index is 552. The number of nitrogens with zero attached hydrogens (tertiary/aromatic N) is 3. The molecule has 4 nitrogen and oxygen atoms in total. The molecule has 0 spiro atoms. The van der Waals surface area contributed by atoms with E-state index in [9.17, 15) is 0 Å². The fraction of sp³-hybridized carbons (Fsp3) is 0.438. The van der Waals surface area contributed by atoms with Crippen LogP contribution in [0, 0.1) is 6.92 Å². The Morgan fingerprint density at radius 3 is 2.65 bits per heavy atom. The third kappa shape index (κ3) is 3.53. The van der Waals surface area contributed by atoms with Gasteiger partial charge < -0.3 is 5.32 Å². The van der Waals surface area contributed by atoms with E-state index in [1.165, 1.54) is 0 Å². The first-order chi connectivity index (χ1) is 9.74. The summed E-state index contributed by atoms with van der Waals surface area (Å²) in [5, 5.41) is 3.39. The summed E-state index contributed by atoms with van der Waals surface area (Å²) in [7, 11) is 0. The van der Waals surface area contributed by atoms with Gasteiger partial charge >= 0.3 is 0 Å². The Kier molecular flexibility index (Phi) is 5.04. The molecule has 2 rings (SSSR count). The molecule has 0 aromatic carbocycles. The van der Waals surface area contributed by atoms with Gasteiger partial charge in [0.15, 0.2) is 0 Å². The molecule has 0 unspecified atom stereocenters. The van der Waals surface area contributed by atoms with Gasteiger partial charge in [0.05, 0.1) is 6.42 Å². The quantitative estimate of drug-likeness (QED) is 0.876. The van der Waals surface area contributed by atoms with Gasteiger partial charge in [-0.05, 0) is 31.9 Å². The summed E-state index contributed by atoms with van der Waals surface area (Å²) in [6, 6.07) is 5.92. The Morgan fingerprint density at radius 1 is 1.15 bits per heavy atom. The molecule has 4 heteroatoms. The Labute approximate surface area is 120 Å². The lowest BCUT2D eigenvalue weighted by Crippen LogP contribution is -2.11. The molecule has 0 fully saturated rings. The van der Waals surface area contributed by atoms with Crippen molar-refractivity contribution in [1.82, 2.24) is 15.0 Å². The summed E-state index contributed by atoms with van der Waals surface area (Å²) in [6.07, 6.45) is 4.49. The summed E-state index contributed by atoms with van der Waals surface area (Å²) >= 11 is 0. The summed E-state index contributed by atoms with van der Waals surface area (Å²) in [5.41, 5.74) is 3.27. The number of nitrogens with one attached hydrogen (secondary N) is 1. The maximum Gasteiger partial charge on any atom is 0.136 e. The van der Waals surface area contributed by atoms with Crippen LogP contribution in [-0.4, -0.2) is 21.5 Å². The first-order valence-electron chi connectivity index (χ1n) is 7.24. The fourth-order valence-corrected chi connectivity index (χ4v) is 2.12. The zero-order chi connectivity index (χ0) is 14.4. The monoisotopic (exact) mass is 270 g/mol. The molecule has 106 valence electrons. The molecule has 0 radical (unpaired) electrons. The predicted octanol–water partition coefficient (Wildman–Crippen LogP) is 3.16. The van der Waals surface area contributed by atoms with Crippen molar-refractivity contribution in [3.8, 4) is 0 Å². The molecule has 0 aliphatic rings. The van der Waals surface area contributed by atoms with Crippen LogP contribution >= 0.6 is 0 Å². The lowest BCUT2D eigenvalue weighted by molar-refractivity contribution is 0.865. The minimum atomic E-state index is 0.676. The zero-order valence-corrected chi connectivity index (χ0v) is 12.5. The molecule has 0 atom stereocenters. The van der Waals surface area contributed by atoms with Crippen molar-refractivity contribution in [1.29, 1.82) is 0 Å². The number of hydrogen-bond donors (Lipinski definition) is 1. The van der Waals surface area contributed by atoms with Crippen molar-refractivity contribution in [2.45, 2.75) is 40.0 Å². The van der Waals surface area contributed by atoms with Crippen LogP contribution in [0.25, 0.3) is 0 Å². The van der Waals surface area contributed by atoms with Gasteiger partial charge in [-0.15, -0.1) is 0 Å². The predicted molar refractivity (Wildman–Crippen MR) is 82.0 cm³/mol. The van der Waals surface area contributed by atoms with Gasteiger partial charge in [-0.25, -0.2) is 9.97 Å². The maximum absolute atomic E-state index is 4.66. The van der Waals surface area contributed by atoms with E-state index in [0.717, 1.165) is 48.0 Å². The number of anilines is 1. The maximum atomic E-state index is 4.66. The van der Waals surface area contributed by atoms with Crippen LogP contribution in [0.3, 0.4) is 0 Å². The minimum Gasteiger partial charge on any atom is -0.370 e. The standard InChI is InChI=1S/C16H22N4/c1-4-9-18-16-12(3)14(5-2)19-15(20-16)11-13-8-6-7-10-17-13/h6-8,10H,4-5,9,11H2,1-3H3,(H,18,19,20). The Morgan fingerprint density at radius 2 is 2.00 bits per heavy atom. The van der Waals surface area contributed by atoms with Crippen LogP contribution in [-0.2, 0) is 12.8 Å². The summed E-state index contributed by atoms with van der Waals surface area (Å²) in [4.78, 5) is 13.7. The van der Waals surface area contributed by atoms with E-state index in [4.69, 9.17) is 0 Å². The molecule has 0 saturated heterocycles. The fourth-order valence-electron chi connectivity index (χ4n) is 2.12. The highest BCUT2D eigenvalue weighted by molar-refractivity contribution is 5.46. The van der Waals surface area contributed by atoms with Crippen LogP contribution in [0.15, 0.2) is 24.4 Å². The molecule has 2 heterocycles. The van der Waals surface area contributed by atoms with Crippen molar-refractivity contribution in [3.63, 3.8) is 0 Å². The van der Waals surface area contributed by atoms with Crippen LogP contribution in [0.4, 0.5) is 5.82 Å². The molecular formula is C16H22N4. The average Bonchev–Trinajstić information content (AvgIpc) is 2.48. The molecule has 2 aromatic heterocycles. The van der Waals surface area contributed by atoms with Gasteiger partial charge in [0.1, 0.15) is 11.6 Å². The van der Waals surface area contributed by atoms with E-state index in [1.54, 1.807) is 6.20 Å². The third-order valence-electron chi connectivity index (χ3n) is 3.24. The molecular weight excluding hydrogens is 248 g/mol. The highest BCUT2D eigenvalue weighted by atomic mass is 15.0. The van der Waals surface area contributed by atoms with Gasteiger partial charge in [-0.1, -0.05) is 19.9 Å². The molecule has 0 saturated carbocycles. The van der Waals surface area contributed by atoms with E-state index in [0.29, 0.717) is 6.42 Å². The Balaban J connectivity index is 2.28. The van der Waals surface area contributed by atoms with E-state index in [1.807, 2.05) is 18.2 Å². The van der Waals surface area contributed by atoms with Crippen molar-refractivity contribution >= 4 is 5.82 Å². The second-order valence-corrected chi connectivity index (χ2v) is 4.84. The lowest BCUT2D eigenvalue weighted by Gasteiger charge is -2.12. The SMILES string of the molecule is CCCNc1nc(Cc2ccccn2)nc(CC)c1C. The third-order valence-corrected chi connectivity index (χ3v) is 3.24. The van der Waals surface area contributed by atoms with Gasteiger partial charge in [0, 0.05) is 29.7 Å². The summed E-state index contributed by atoms with van der Waals surface area (Å²) < 4.78 is 0. The highest BCUT2D eigenvalue weighted by Gasteiger charge is 2.10. The van der Waals surface area contributed by atoms with Crippen molar-refractivity contribution in [2.75, 3.05) is 11.9 Å². The highest BCUT2D eigenvalue weighted by Crippen LogP contribution is 2.17. The zero-order valence-electron chi connectivity index (χ0n) is 12.5. The number of hydrogen-bond acceptors (Lipinski definition) is 4.